The lowest BCUT2D eigenvalue weighted by atomic mass is 10.1. The lowest BCUT2D eigenvalue weighted by molar-refractivity contribution is -0.133. The molecule has 0 aromatic carbocycles. The van der Waals surface area contributed by atoms with Gasteiger partial charge in [0.15, 0.2) is 11.6 Å². The molecule has 0 aromatic rings. The number of nitrogens with zero attached hydrogens (tertiary/aromatic N) is 2. The fourth-order valence-electron chi connectivity index (χ4n) is 1.97. The van der Waals surface area contributed by atoms with Crippen LogP contribution in [0.4, 0.5) is 4.79 Å². The van der Waals surface area contributed by atoms with Gasteiger partial charge in [-0.25, -0.2) is 4.79 Å². The molecule has 1 saturated heterocycles. The summed E-state index contributed by atoms with van der Waals surface area (Å²) >= 11 is 0. The third-order valence-corrected chi connectivity index (χ3v) is 2.72. The number of hydrogen-bond donors (Lipinski definition) is 1. The molecule has 0 aromatic heterocycles. The topological polar surface area (TPSA) is 77.9 Å². The maximum absolute atomic E-state index is 11.3. The molecule has 6 heteroatoms. The number of carbonyl (C=O) groups is 3. The molecule has 0 atom stereocenters. The molecule has 1 aliphatic rings. The van der Waals surface area contributed by atoms with E-state index in [0.29, 0.717) is 26.2 Å². The Balaban J connectivity index is 2.61. The first-order chi connectivity index (χ1) is 7.43. The van der Waals surface area contributed by atoms with Gasteiger partial charge in [-0.3, -0.25) is 14.5 Å². The van der Waals surface area contributed by atoms with E-state index in [0.717, 1.165) is 0 Å². The summed E-state index contributed by atoms with van der Waals surface area (Å²) in [6, 6.07) is -0.712. The van der Waals surface area contributed by atoms with Crippen molar-refractivity contribution in [3.05, 3.63) is 0 Å². The summed E-state index contributed by atoms with van der Waals surface area (Å²) in [4.78, 5) is 36.3. The minimum absolute atomic E-state index is 0.184. The van der Waals surface area contributed by atoms with Gasteiger partial charge < -0.3 is 10.0 Å². The van der Waals surface area contributed by atoms with Crippen LogP contribution in [-0.2, 0) is 9.59 Å². The molecule has 1 heterocycles. The van der Waals surface area contributed by atoms with Gasteiger partial charge in [-0.05, 0) is 13.8 Å². The molecule has 0 bridgehead atoms. The van der Waals surface area contributed by atoms with Gasteiger partial charge in [0, 0.05) is 26.2 Å². The lowest BCUT2D eigenvalue weighted by Crippen LogP contribution is -2.55. The number of carbonyl (C=O) groups excluding carboxylic acids is 2. The van der Waals surface area contributed by atoms with E-state index >= 15 is 0 Å². The average molecular weight is 228 g/mol. The molecular formula is C10H16N2O4. The van der Waals surface area contributed by atoms with Gasteiger partial charge in [0.05, 0.1) is 0 Å². The molecule has 1 rings (SSSR count). The molecule has 16 heavy (non-hydrogen) atoms. The molecule has 0 saturated carbocycles. The highest BCUT2D eigenvalue weighted by atomic mass is 16.4. The molecule has 6 nitrogen and oxygen atoms in total. The Hall–Kier alpha value is -1.43. The van der Waals surface area contributed by atoms with Crippen LogP contribution in [0.5, 0.6) is 0 Å². The van der Waals surface area contributed by atoms with Crippen molar-refractivity contribution in [1.29, 1.82) is 0 Å². The molecular weight excluding hydrogens is 212 g/mol. The molecule has 1 fully saturated rings. The van der Waals surface area contributed by atoms with E-state index in [-0.39, 0.29) is 11.6 Å². The van der Waals surface area contributed by atoms with Crippen LogP contribution >= 0.6 is 0 Å². The maximum atomic E-state index is 11.3. The molecule has 1 aliphatic heterocycles. The first kappa shape index (κ1) is 12.6. The number of Topliss-reactive ketones (excluding diaryl/α,β-unsaturated/α-hetero) is 2. The average Bonchev–Trinajstić information content (AvgIpc) is 2.17. The summed E-state index contributed by atoms with van der Waals surface area (Å²) in [6.07, 6.45) is -0.957. The van der Waals surface area contributed by atoms with Crippen LogP contribution in [0, 0.1) is 0 Å². The molecule has 0 aliphatic carbocycles. The summed E-state index contributed by atoms with van der Waals surface area (Å²) < 4.78 is 0. The number of rotatable bonds is 3. The largest absolute Gasteiger partial charge is 0.465 e. The smallest absolute Gasteiger partial charge is 0.407 e. The van der Waals surface area contributed by atoms with Gasteiger partial charge in [0.1, 0.15) is 6.04 Å². The first-order valence-corrected chi connectivity index (χ1v) is 5.16. The minimum Gasteiger partial charge on any atom is -0.465 e. The predicted molar refractivity (Wildman–Crippen MR) is 56.3 cm³/mol. The minimum atomic E-state index is -0.957. The third-order valence-electron chi connectivity index (χ3n) is 2.72. The second-order valence-electron chi connectivity index (χ2n) is 3.93. The highest BCUT2D eigenvalue weighted by Gasteiger charge is 2.30. The highest BCUT2D eigenvalue weighted by Crippen LogP contribution is 2.08. The van der Waals surface area contributed by atoms with Gasteiger partial charge in [-0.15, -0.1) is 0 Å². The van der Waals surface area contributed by atoms with Gasteiger partial charge in [-0.2, -0.15) is 0 Å². The lowest BCUT2D eigenvalue weighted by Gasteiger charge is -2.36. The zero-order valence-electron chi connectivity index (χ0n) is 9.47. The van der Waals surface area contributed by atoms with Crippen LogP contribution in [-0.4, -0.2) is 64.8 Å². The van der Waals surface area contributed by atoms with Crippen molar-refractivity contribution in [2.75, 3.05) is 26.2 Å². The van der Waals surface area contributed by atoms with Gasteiger partial charge in [0.2, 0.25) is 0 Å². The van der Waals surface area contributed by atoms with Crippen LogP contribution in [0.1, 0.15) is 13.8 Å². The summed E-state index contributed by atoms with van der Waals surface area (Å²) in [7, 11) is 0. The summed E-state index contributed by atoms with van der Waals surface area (Å²) in [6.45, 7) is 4.30. The Kier molecular flexibility index (Phi) is 4.00. The Labute approximate surface area is 93.8 Å². The Morgan fingerprint density at radius 1 is 1.00 bits per heavy atom. The van der Waals surface area contributed by atoms with Gasteiger partial charge in [0.25, 0.3) is 0 Å². The van der Waals surface area contributed by atoms with E-state index in [2.05, 4.69) is 0 Å². The van der Waals surface area contributed by atoms with Crippen LogP contribution in [0.3, 0.4) is 0 Å². The van der Waals surface area contributed by atoms with Crippen molar-refractivity contribution < 1.29 is 19.5 Å². The monoisotopic (exact) mass is 228 g/mol. The van der Waals surface area contributed by atoms with Crippen molar-refractivity contribution >= 4 is 17.7 Å². The summed E-state index contributed by atoms with van der Waals surface area (Å²) in [5.41, 5.74) is 0. The fraction of sp³-hybridized carbons (Fsp3) is 0.700. The van der Waals surface area contributed by atoms with E-state index in [4.69, 9.17) is 5.11 Å². The molecule has 0 unspecified atom stereocenters. The second kappa shape index (κ2) is 5.07. The van der Waals surface area contributed by atoms with Crippen molar-refractivity contribution in [2.24, 2.45) is 0 Å². The predicted octanol–water partition coefficient (Wildman–Crippen LogP) is -0.171. The van der Waals surface area contributed by atoms with Gasteiger partial charge >= 0.3 is 6.09 Å². The summed E-state index contributed by atoms with van der Waals surface area (Å²) in [5, 5.41) is 8.76. The third kappa shape index (κ3) is 2.79. The van der Waals surface area contributed by atoms with E-state index < -0.39 is 12.1 Å². The normalized spacial score (nSPS) is 17.6. The van der Waals surface area contributed by atoms with E-state index in [9.17, 15) is 14.4 Å². The molecule has 1 N–H and O–H groups in total. The van der Waals surface area contributed by atoms with Crippen LogP contribution in [0.25, 0.3) is 0 Å². The van der Waals surface area contributed by atoms with Crippen LogP contribution in [0.15, 0.2) is 0 Å². The Bertz CT molecular complexity index is 294. The van der Waals surface area contributed by atoms with Gasteiger partial charge in [-0.1, -0.05) is 0 Å². The van der Waals surface area contributed by atoms with E-state index in [1.807, 2.05) is 0 Å². The SMILES string of the molecule is CC(=O)C(C(C)=O)N1CCN(C(=O)O)CC1. The Morgan fingerprint density at radius 2 is 1.44 bits per heavy atom. The first-order valence-electron chi connectivity index (χ1n) is 5.16. The van der Waals surface area contributed by atoms with Crippen molar-refractivity contribution in [3.8, 4) is 0 Å². The van der Waals surface area contributed by atoms with E-state index in [1.165, 1.54) is 18.7 Å². The summed E-state index contributed by atoms with van der Waals surface area (Å²) in [5.74, 6) is -0.368. The standard InChI is InChI=1S/C10H16N2O4/c1-7(13)9(8(2)14)11-3-5-12(6-4-11)10(15)16/h9H,3-6H2,1-2H3,(H,15,16). The zero-order valence-corrected chi connectivity index (χ0v) is 9.47. The van der Waals surface area contributed by atoms with Crippen LogP contribution < -0.4 is 0 Å². The number of hydrogen-bond acceptors (Lipinski definition) is 4. The number of piperazine rings is 1. The van der Waals surface area contributed by atoms with Crippen molar-refractivity contribution in [2.45, 2.75) is 19.9 Å². The quantitative estimate of drug-likeness (QED) is 0.678. The van der Waals surface area contributed by atoms with E-state index in [1.54, 1.807) is 4.90 Å². The second-order valence-corrected chi connectivity index (χ2v) is 3.93. The number of ketones is 2. The van der Waals surface area contributed by atoms with Crippen molar-refractivity contribution in [1.82, 2.24) is 9.80 Å². The number of amides is 1. The van der Waals surface area contributed by atoms with Crippen molar-refractivity contribution in [3.63, 3.8) is 0 Å². The molecule has 90 valence electrons. The van der Waals surface area contributed by atoms with Crippen LogP contribution in [0.2, 0.25) is 0 Å². The molecule has 0 radical (unpaired) electrons. The zero-order chi connectivity index (χ0) is 12.3. The highest BCUT2D eigenvalue weighted by molar-refractivity contribution is 6.04. The maximum Gasteiger partial charge on any atom is 0.407 e. The Morgan fingerprint density at radius 3 is 1.75 bits per heavy atom. The fourth-order valence-corrected chi connectivity index (χ4v) is 1.97. The molecule has 0 spiro atoms. The number of carboxylic acid groups (broad SMARTS) is 1. The molecule has 1 amide bonds.